The predicted octanol–water partition coefficient (Wildman–Crippen LogP) is 3.53. The number of aromatic nitrogens is 1. The quantitative estimate of drug-likeness (QED) is 0.266. The van der Waals surface area contributed by atoms with Gasteiger partial charge in [-0.2, -0.15) is 0 Å². The van der Waals surface area contributed by atoms with E-state index in [-0.39, 0.29) is 44.6 Å². The van der Waals surface area contributed by atoms with Crippen molar-refractivity contribution in [2.24, 2.45) is 0 Å². The molecule has 0 spiro atoms. The largest absolute Gasteiger partial charge is 4.00 e. The zero-order chi connectivity index (χ0) is 31.8. The van der Waals surface area contributed by atoms with E-state index in [1.165, 1.54) is 24.3 Å². The standard InChI is InChI=1S/C24H28N4O4S2.2C3H7O.Ti/c1-20-6-10-23(11-7-20)33(29,30)26-15-17-28(19-22-5-3-4-14-25-22)18-16-27-34(31,32)24-12-8-21(2)9-13-24;2*1-3(2)4;/h3-14H,15-19H2,1-2H3;2*3H,1-2H3;/q-2;2*-1;+4. The Morgan fingerprint density at radius 3 is 1.40 bits per heavy atom. The Kier molecular flexibility index (Phi) is 19.9. The molecule has 234 valence electrons. The maximum Gasteiger partial charge on any atom is 4.00 e. The molecule has 0 amide bonds. The molecule has 0 aliphatic carbocycles. The molecule has 0 aliphatic rings. The molecular formula is C30H42N4O6S2Ti. The summed E-state index contributed by atoms with van der Waals surface area (Å²) in [5.74, 6) is 0. The summed E-state index contributed by atoms with van der Waals surface area (Å²) in [4.78, 5) is 6.49. The first kappa shape index (κ1) is 41.0. The van der Waals surface area contributed by atoms with Crippen LogP contribution in [0, 0.1) is 13.8 Å². The summed E-state index contributed by atoms with van der Waals surface area (Å²) in [6.07, 6.45) is 0.839. The average Bonchev–Trinajstić information content (AvgIpc) is 2.89. The molecule has 0 saturated carbocycles. The summed E-state index contributed by atoms with van der Waals surface area (Å²) in [5.41, 5.74) is 2.71. The smallest absolute Gasteiger partial charge is 0.852 e. The van der Waals surface area contributed by atoms with E-state index >= 15 is 0 Å². The molecule has 0 saturated heterocycles. The Hall–Kier alpha value is -2.00. The SMILES string of the molecule is CC(C)[O-].CC(C)[O-].Cc1ccc(S(=O)(=O)[N-]CCN(CC[N-]S(=O)(=O)c2ccc(C)cc2)Cc2ccccn2)cc1.[Ti+4]. The topological polar surface area (TPSA) is 159 Å². The molecule has 43 heavy (non-hydrogen) atoms. The third-order valence-electron chi connectivity index (χ3n) is 5.10. The molecule has 0 unspecified atom stereocenters. The van der Waals surface area contributed by atoms with Gasteiger partial charge < -0.3 is 24.6 Å². The minimum atomic E-state index is -3.77. The second kappa shape index (κ2) is 20.9. The summed E-state index contributed by atoms with van der Waals surface area (Å²) in [5, 5.41) is 19.1. The summed E-state index contributed by atoms with van der Waals surface area (Å²) in [6.45, 7) is 11.3. The summed E-state index contributed by atoms with van der Waals surface area (Å²) in [6, 6.07) is 18.6. The number of hydrogen-bond acceptors (Lipinski definition) is 8. The van der Waals surface area contributed by atoms with Crippen molar-refractivity contribution in [3.8, 4) is 0 Å². The molecule has 0 atom stereocenters. The van der Waals surface area contributed by atoms with E-state index < -0.39 is 32.3 Å². The van der Waals surface area contributed by atoms with E-state index in [1.54, 1.807) is 64.2 Å². The number of rotatable bonds is 12. The van der Waals surface area contributed by atoms with Gasteiger partial charge in [-0.3, -0.25) is 4.98 Å². The van der Waals surface area contributed by atoms with Gasteiger partial charge in [0.2, 0.25) is 0 Å². The van der Waals surface area contributed by atoms with Crippen LogP contribution in [0.2, 0.25) is 0 Å². The molecule has 0 aliphatic heterocycles. The first-order valence-electron chi connectivity index (χ1n) is 13.6. The minimum Gasteiger partial charge on any atom is -0.852 e. The fourth-order valence-electron chi connectivity index (χ4n) is 3.17. The van der Waals surface area contributed by atoms with Crippen LogP contribution in [-0.2, 0) is 48.3 Å². The Bertz CT molecular complexity index is 1280. The van der Waals surface area contributed by atoms with Crippen LogP contribution >= 0.6 is 0 Å². The summed E-state index contributed by atoms with van der Waals surface area (Å²) < 4.78 is 57.9. The molecule has 0 N–H and O–H groups in total. The maximum absolute atomic E-state index is 12.5. The minimum absolute atomic E-state index is 0. The van der Waals surface area contributed by atoms with Crippen LogP contribution in [0.25, 0.3) is 9.44 Å². The second-order valence-corrected chi connectivity index (χ2v) is 13.3. The van der Waals surface area contributed by atoms with Crippen molar-refractivity contribution in [1.82, 2.24) is 9.88 Å². The Morgan fingerprint density at radius 1 is 0.698 bits per heavy atom. The van der Waals surface area contributed by atoms with Crippen LogP contribution in [0.4, 0.5) is 0 Å². The van der Waals surface area contributed by atoms with Crippen LogP contribution in [0.3, 0.4) is 0 Å². The van der Waals surface area contributed by atoms with Gasteiger partial charge in [-0.15, -0.1) is 25.3 Å². The number of aryl methyl sites for hydroxylation is 2. The predicted molar refractivity (Wildman–Crippen MR) is 163 cm³/mol. The fraction of sp³-hybridized carbons (Fsp3) is 0.433. The van der Waals surface area contributed by atoms with Gasteiger partial charge in [-0.25, -0.2) is 16.8 Å². The normalized spacial score (nSPS) is 11.3. The van der Waals surface area contributed by atoms with E-state index in [1.807, 2.05) is 30.9 Å². The van der Waals surface area contributed by atoms with Gasteiger partial charge >= 0.3 is 21.7 Å². The molecule has 13 heteroatoms. The van der Waals surface area contributed by atoms with E-state index in [2.05, 4.69) is 14.4 Å². The van der Waals surface area contributed by atoms with E-state index in [9.17, 15) is 27.0 Å². The number of nitrogens with zero attached hydrogens (tertiary/aromatic N) is 4. The zero-order valence-electron chi connectivity index (χ0n) is 25.7. The number of benzene rings is 2. The molecule has 1 aromatic heterocycles. The molecule has 0 fully saturated rings. The number of sulfonamides is 2. The van der Waals surface area contributed by atoms with Crippen LogP contribution in [0.1, 0.15) is 44.5 Å². The van der Waals surface area contributed by atoms with Gasteiger partial charge in [0.25, 0.3) is 0 Å². The van der Waals surface area contributed by atoms with Gasteiger partial charge in [-0.1, -0.05) is 69.2 Å². The monoisotopic (exact) mass is 666 g/mol. The first-order valence-corrected chi connectivity index (χ1v) is 16.4. The van der Waals surface area contributed by atoms with Gasteiger partial charge in [0.1, 0.15) is 20.0 Å². The average molecular weight is 667 g/mol. The van der Waals surface area contributed by atoms with Crippen molar-refractivity contribution < 1.29 is 48.8 Å². The van der Waals surface area contributed by atoms with Crippen molar-refractivity contribution in [3.63, 3.8) is 0 Å². The van der Waals surface area contributed by atoms with Crippen molar-refractivity contribution in [2.75, 3.05) is 26.2 Å². The van der Waals surface area contributed by atoms with Gasteiger partial charge in [0.05, 0.1) is 5.69 Å². The van der Waals surface area contributed by atoms with Crippen LogP contribution in [0.15, 0.2) is 82.7 Å². The molecule has 3 rings (SSSR count). The summed E-state index contributed by atoms with van der Waals surface area (Å²) >= 11 is 0. The van der Waals surface area contributed by atoms with Gasteiger partial charge in [0, 0.05) is 22.5 Å². The zero-order valence-corrected chi connectivity index (χ0v) is 28.9. The van der Waals surface area contributed by atoms with Gasteiger partial charge in [-0.05, 0) is 63.3 Å². The molecule has 0 bridgehead atoms. The molecule has 10 nitrogen and oxygen atoms in total. The number of pyridine rings is 1. The van der Waals surface area contributed by atoms with Crippen LogP contribution < -0.4 is 10.2 Å². The maximum atomic E-state index is 12.5. The summed E-state index contributed by atoms with van der Waals surface area (Å²) in [7, 11) is -7.53. The van der Waals surface area contributed by atoms with Crippen molar-refractivity contribution in [1.29, 1.82) is 0 Å². The molecule has 0 radical (unpaired) electrons. The van der Waals surface area contributed by atoms with E-state index in [0.29, 0.717) is 19.6 Å². The van der Waals surface area contributed by atoms with Crippen molar-refractivity contribution in [3.05, 3.63) is 99.2 Å². The van der Waals surface area contributed by atoms with E-state index in [4.69, 9.17) is 0 Å². The fourth-order valence-corrected chi connectivity index (χ4v) is 5.07. The third kappa shape index (κ3) is 18.4. The molecule has 1 heterocycles. The van der Waals surface area contributed by atoms with Crippen LogP contribution in [-0.4, -0.2) is 65.1 Å². The third-order valence-corrected chi connectivity index (χ3v) is 7.89. The van der Waals surface area contributed by atoms with Crippen molar-refractivity contribution >= 4 is 20.0 Å². The van der Waals surface area contributed by atoms with Crippen molar-refractivity contribution in [2.45, 2.75) is 70.1 Å². The Morgan fingerprint density at radius 2 is 1.07 bits per heavy atom. The second-order valence-electron chi connectivity index (χ2n) is 9.98. The molecule has 3 aromatic rings. The Balaban J connectivity index is 0.00000174. The van der Waals surface area contributed by atoms with Crippen LogP contribution in [0.5, 0.6) is 0 Å². The van der Waals surface area contributed by atoms with Gasteiger partial charge in [0.15, 0.2) is 0 Å². The number of hydrogen-bond donors (Lipinski definition) is 0. The van der Waals surface area contributed by atoms with E-state index in [0.717, 1.165) is 16.8 Å². The Labute approximate surface area is 272 Å². The molecule has 2 aromatic carbocycles. The molecular weight excluding hydrogens is 624 g/mol. The first-order chi connectivity index (χ1) is 19.6.